The molecular weight excluding hydrogens is 268 g/mol. The maximum Gasteiger partial charge on any atom is 0.335 e. The minimum atomic E-state index is -0.971. The van der Waals surface area contributed by atoms with Crippen LogP contribution in [0.4, 0.5) is 5.69 Å². The minimum Gasteiger partial charge on any atom is -0.478 e. The maximum absolute atomic E-state index is 12.5. The molecule has 5 nitrogen and oxygen atoms in total. The molecule has 0 saturated carbocycles. The van der Waals surface area contributed by atoms with Crippen LogP contribution in [0, 0.1) is 11.3 Å². The summed E-state index contributed by atoms with van der Waals surface area (Å²) < 4.78 is 0. The van der Waals surface area contributed by atoms with Gasteiger partial charge in [-0.05, 0) is 56.1 Å². The van der Waals surface area contributed by atoms with Crippen LogP contribution in [0.2, 0.25) is 0 Å². The lowest BCUT2D eigenvalue weighted by Gasteiger charge is -2.36. The first-order chi connectivity index (χ1) is 9.91. The first-order valence-electron chi connectivity index (χ1n) is 7.27. The number of hydrogen-bond acceptors (Lipinski definition) is 3. The molecule has 3 N–H and O–H groups in total. The summed E-state index contributed by atoms with van der Waals surface area (Å²) in [6.07, 6.45) is 2.14. The van der Waals surface area contributed by atoms with E-state index in [9.17, 15) is 9.59 Å². The van der Waals surface area contributed by atoms with E-state index in [4.69, 9.17) is 5.11 Å². The second kappa shape index (κ2) is 6.26. The van der Waals surface area contributed by atoms with Crippen molar-refractivity contribution in [3.8, 4) is 0 Å². The Morgan fingerprint density at radius 2 is 1.95 bits per heavy atom. The van der Waals surface area contributed by atoms with Gasteiger partial charge in [0, 0.05) is 11.1 Å². The molecule has 0 aromatic heterocycles. The number of carboxylic acids is 1. The smallest absolute Gasteiger partial charge is 0.335 e. The summed E-state index contributed by atoms with van der Waals surface area (Å²) in [6, 6.07) is 6.23. The molecule has 1 aliphatic heterocycles. The zero-order chi connectivity index (χ0) is 15.5. The van der Waals surface area contributed by atoms with Gasteiger partial charge in [0.15, 0.2) is 0 Å². The number of hydrogen-bond donors (Lipinski definition) is 3. The summed E-state index contributed by atoms with van der Waals surface area (Å²) in [4.78, 5) is 23.3. The van der Waals surface area contributed by atoms with Crippen molar-refractivity contribution >= 4 is 17.6 Å². The molecule has 0 radical (unpaired) electrons. The normalized spacial score (nSPS) is 19.0. The summed E-state index contributed by atoms with van der Waals surface area (Å²) in [5, 5.41) is 15.1. The Hall–Kier alpha value is -1.88. The molecule has 1 saturated heterocycles. The van der Waals surface area contributed by atoms with Gasteiger partial charge in [-0.1, -0.05) is 13.8 Å². The number of nitrogens with one attached hydrogen (secondary N) is 2. The van der Waals surface area contributed by atoms with Crippen LogP contribution in [-0.2, 0) is 4.79 Å². The Morgan fingerprint density at radius 3 is 2.48 bits per heavy atom. The monoisotopic (exact) mass is 290 g/mol. The zero-order valence-corrected chi connectivity index (χ0v) is 12.5. The Labute approximate surface area is 124 Å². The first-order valence-corrected chi connectivity index (χ1v) is 7.27. The molecule has 1 aromatic carbocycles. The fraction of sp³-hybridized carbons (Fsp3) is 0.500. The van der Waals surface area contributed by atoms with Crippen molar-refractivity contribution < 1.29 is 14.7 Å². The lowest BCUT2D eigenvalue weighted by molar-refractivity contribution is -0.127. The molecule has 1 heterocycles. The van der Waals surface area contributed by atoms with Gasteiger partial charge in [0.1, 0.15) is 0 Å². The highest BCUT2D eigenvalue weighted by Gasteiger charge is 2.37. The summed E-state index contributed by atoms with van der Waals surface area (Å²) >= 11 is 0. The van der Waals surface area contributed by atoms with Crippen molar-refractivity contribution in [1.82, 2.24) is 5.32 Å². The van der Waals surface area contributed by atoms with Gasteiger partial charge in [0.2, 0.25) is 5.91 Å². The molecule has 21 heavy (non-hydrogen) atoms. The van der Waals surface area contributed by atoms with Crippen LogP contribution in [0.3, 0.4) is 0 Å². The van der Waals surface area contributed by atoms with E-state index in [-0.39, 0.29) is 11.5 Å². The van der Waals surface area contributed by atoms with Gasteiger partial charge in [0.05, 0.1) is 5.56 Å². The van der Waals surface area contributed by atoms with Crippen LogP contribution in [0.25, 0.3) is 0 Å². The van der Waals surface area contributed by atoms with Gasteiger partial charge in [-0.2, -0.15) is 0 Å². The number of benzene rings is 1. The molecule has 114 valence electrons. The maximum atomic E-state index is 12.5. The van der Waals surface area contributed by atoms with Gasteiger partial charge < -0.3 is 15.7 Å². The summed E-state index contributed by atoms with van der Waals surface area (Å²) in [7, 11) is 0. The molecular formula is C16H22N2O3. The minimum absolute atomic E-state index is 0.0284. The topological polar surface area (TPSA) is 78.4 Å². The van der Waals surface area contributed by atoms with E-state index < -0.39 is 11.4 Å². The predicted molar refractivity (Wildman–Crippen MR) is 81.4 cm³/mol. The predicted octanol–water partition coefficient (Wildman–Crippen LogP) is 2.35. The Morgan fingerprint density at radius 1 is 1.29 bits per heavy atom. The number of amides is 1. The number of carbonyl (C=O) groups is 2. The van der Waals surface area contributed by atoms with Crippen molar-refractivity contribution in [3.63, 3.8) is 0 Å². The van der Waals surface area contributed by atoms with E-state index in [1.54, 1.807) is 12.1 Å². The highest BCUT2D eigenvalue weighted by Crippen LogP contribution is 2.33. The largest absolute Gasteiger partial charge is 0.478 e. The standard InChI is InChI=1S/C16H22N2O3/c1-16(2,12-4-3-9-17-10-12)15(21)18-13-7-5-11(6-8-13)14(19)20/h5-8,12,17H,3-4,9-10H2,1-2H3,(H,18,21)(H,19,20). The molecule has 0 aliphatic carbocycles. The third-order valence-electron chi connectivity index (χ3n) is 4.29. The van der Waals surface area contributed by atoms with Crippen molar-refractivity contribution in [3.05, 3.63) is 29.8 Å². The van der Waals surface area contributed by atoms with E-state index in [1.807, 2.05) is 13.8 Å². The van der Waals surface area contributed by atoms with E-state index >= 15 is 0 Å². The lowest BCUT2D eigenvalue weighted by Crippen LogP contribution is -2.44. The molecule has 2 rings (SSSR count). The molecule has 1 aromatic rings. The van der Waals surface area contributed by atoms with Crippen LogP contribution in [0.15, 0.2) is 24.3 Å². The Kier molecular flexibility index (Phi) is 4.63. The molecule has 1 fully saturated rings. The second-order valence-corrected chi connectivity index (χ2v) is 6.10. The number of carboxylic acid groups (broad SMARTS) is 1. The van der Waals surface area contributed by atoms with E-state index in [2.05, 4.69) is 10.6 Å². The van der Waals surface area contributed by atoms with Gasteiger partial charge in [-0.15, -0.1) is 0 Å². The molecule has 0 bridgehead atoms. The fourth-order valence-electron chi connectivity index (χ4n) is 2.64. The van der Waals surface area contributed by atoms with Crippen LogP contribution in [0.1, 0.15) is 37.0 Å². The number of aromatic carboxylic acids is 1. The SMILES string of the molecule is CC(C)(C(=O)Nc1ccc(C(=O)O)cc1)C1CCCNC1. The van der Waals surface area contributed by atoms with Crippen LogP contribution >= 0.6 is 0 Å². The molecule has 1 unspecified atom stereocenters. The quantitative estimate of drug-likeness (QED) is 0.795. The fourth-order valence-corrected chi connectivity index (χ4v) is 2.64. The Balaban J connectivity index is 2.03. The van der Waals surface area contributed by atoms with Crippen LogP contribution in [0.5, 0.6) is 0 Å². The molecule has 1 amide bonds. The third-order valence-corrected chi connectivity index (χ3v) is 4.29. The summed E-state index contributed by atoms with van der Waals surface area (Å²) in [6.45, 7) is 5.81. The lowest BCUT2D eigenvalue weighted by atomic mass is 9.74. The third kappa shape index (κ3) is 3.61. The second-order valence-electron chi connectivity index (χ2n) is 6.10. The van der Waals surface area contributed by atoms with E-state index in [0.29, 0.717) is 11.6 Å². The number of carbonyl (C=O) groups excluding carboxylic acids is 1. The van der Waals surface area contributed by atoms with Gasteiger partial charge >= 0.3 is 5.97 Å². The van der Waals surface area contributed by atoms with Gasteiger partial charge in [0.25, 0.3) is 0 Å². The van der Waals surface area contributed by atoms with Crippen molar-refractivity contribution in [2.45, 2.75) is 26.7 Å². The zero-order valence-electron chi connectivity index (χ0n) is 12.5. The molecule has 1 atom stereocenters. The molecule has 5 heteroatoms. The molecule has 0 spiro atoms. The Bertz CT molecular complexity index is 517. The first kappa shape index (κ1) is 15.5. The van der Waals surface area contributed by atoms with Crippen molar-refractivity contribution in [2.24, 2.45) is 11.3 Å². The van der Waals surface area contributed by atoms with Crippen LogP contribution < -0.4 is 10.6 Å². The van der Waals surface area contributed by atoms with Gasteiger partial charge in [-0.3, -0.25) is 4.79 Å². The number of piperidine rings is 1. The van der Waals surface area contributed by atoms with Crippen molar-refractivity contribution in [1.29, 1.82) is 0 Å². The van der Waals surface area contributed by atoms with Gasteiger partial charge in [-0.25, -0.2) is 4.79 Å². The van der Waals surface area contributed by atoms with Crippen LogP contribution in [-0.4, -0.2) is 30.1 Å². The average molecular weight is 290 g/mol. The average Bonchev–Trinajstić information content (AvgIpc) is 2.48. The highest BCUT2D eigenvalue weighted by molar-refractivity contribution is 5.95. The van der Waals surface area contributed by atoms with E-state index in [1.165, 1.54) is 12.1 Å². The number of rotatable bonds is 4. The molecule has 1 aliphatic rings. The van der Waals surface area contributed by atoms with E-state index in [0.717, 1.165) is 25.9 Å². The summed E-state index contributed by atoms with van der Waals surface area (Å²) in [5.74, 6) is -0.690. The number of anilines is 1. The summed E-state index contributed by atoms with van der Waals surface area (Å²) in [5.41, 5.74) is 0.379. The van der Waals surface area contributed by atoms with Crippen molar-refractivity contribution in [2.75, 3.05) is 18.4 Å². The highest BCUT2D eigenvalue weighted by atomic mass is 16.4.